The topological polar surface area (TPSA) is 35.2 Å². The van der Waals surface area contributed by atoms with Crippen molar-refractivity contribution >= 4 is 21.4 Å². The van der Waals surface area contributed by atoms with E-state index in [0.717, 1.165) is 12.8 Å². The maximum atomic E-state index is 6.29. The summed E-state index contributed by atoms with van der Waals surface area (Å²) in [5.41, 5.74) is 7.51. The molecule has 0 unspecified atom stereocenters. The quantitative estimate of drug-likeness (QED) is 0.911. The SMILES string of the molecule is NC1(COCc2csc3ccccc23)CCCC1. The van der Waals surface area contributed by atoms with Crippen molar-refractivity contribution in [2.45, 2.75) is 37.8 Å². The Morgan fingerprint density at radius 2 is 2.00 bits per heavy atom. The van der Waals surface area contributed by atoms with Gasteiger partial charge in [0.1, 0.15) is 0 Å². The number of hydrogen-bond acceptors (Lipinski definition) is 3. The molecule has 0 atom stereocenters. The van der Waals surface area contributed by atoms with Gasteiger partial charge in [0.15, 0.2) is 0 Å². The third-order valence-electron chi connectivity index (χ3n) is 3.81. The lowest BCUT2D eigenvalue weighted by atomic mass is 10.0. The molecule has 0 bridgehead atoms. The molecule has 0 aliphatic heterocycles. The standard InChI is InChI=1S/C15H19NOS/c16-15(7-3-4-8-15)11-17-9-12-10-18-14-6-2-1-5-13(12)14/h1-2,5-6,10H,3-4,7-9,11,16H2. The van der Waals surface area contributed by atoms with Crippen LogP contribution in [-0.2, 0) is 11.3 Å². The predicted octanol–water partition coefficient (Wildman–Crippen LogP) is 3.69. The van der Waals surface area contributed by atoms with Crippen LogP contribution in [0.3, 0.4) is 0 Å². The van der Waals surface area contributed by atoms with Gasteiger partial charge in [-0.1, -0.05) is 31.0 Å². The number of ether oxygens (including phenoxy) is 1. The van der Waals surface area contributed by atoms with Gasteiger partial charge in [-0.15, -0.1) is 11.3 Å². The Labute approximate surface area is 112 Å². The van der Waals surface area contributed by atoms with Crippen molar-refractivity contribution in [3.8, 4) is 0 Å². The Kier molecular flexibility index (Phi) is 3.37. The molecule has 3 heteroatoms. The fraction of sp³-hybridized carbons (Fsp3) is 0.467. The Morgan fingerprint density at radius 3 is 2.83 bits per heavy atom. The summed E-state index contributed by atoms with van der Waals surface area (Å²) in [4.78, 5) is 0. The number of rotatable bonds is 4. The highest BCUT2D eigenvalue weighted by Crippen LogP contribution is 2.29. The van der Waals surface area contributed by atoms with Gasteiger partial charge in [-0.05, 0) is 35.2 Å². The second-order valence-corrected chi connectivity index (χ2v) is 6.23. The smallest absolute Gasteiger partial charge is 0.0731 e. The van der Waals surface area contributed by atoms with Gasteiger partial charge >= 0.3 is 0 Å². The molecule has 2 N–H and O–H groups in total. The second-order valence-electron chi connectivity index (χ2n) is 5.32. The lowest BCUT2D eigenvalue weighted by Crippen LogP contribution is -2.41. The van der Waals surface area contributed by atoms with Crippen LogP contribution in [0.5, 0.6) is 0 Å². The van der Waals surface area contributed by atoms with Gasteiger partial charge < -0.3 is 10.5 Å². The van der Waals surface area contributed by atoms with E-state index in [1.54, 1.807) is 11.3 Å². The first kappa shape index (κ1) is 12.2. The first-order chi connectivity index (χ1) is 8.77. The Hall–Kier alpha value is -0.900. The summed E-state index contributed by atoms with van der Waals surface area (Å²) < 4.78 is 7.19. The van der Waals surface area contributed by atoms with Gasteiger partial charge in [-0.25, -0.2) is 0 Å². The number of hydrogen-bond donors (Lipinski definition) is 1. The van der Waals surface area contributed by atoms with Crippen molar-refractivity contribution in [1.29, 1.82) is 0 Å². The van der Waals surface area contributed by atoms with Crippen molar-refractivity contribution in [3.05, 3.63) is 35.2 Å². The minimum atomic E-state index is -0.0637. The molecule has 0 spiro atoms. The molecule has 1 aromatic carbocycles. The number of benzene rings is 1. The molecule has 0 amide bonds. The average molecular weight is 261 g/mol. The lowest BCUT2D eigenvalue weighted by Gasteiger charge is -2.23. The molecule has 1 saturated carbocycles. The molecule has 1 aliphatic carbocycles. The van der Waals surface area contributed by atoms with E-state index in [1.807, 2.05) is 0 Å². The molecule has 0 radical (unpaired) electrons. The summed E-state index contributed by atoms with van der Waals surface area (Å²) >= 11 is 1.78. The van der Waals surface area contributed by atoms with Crippen LogP contribution < -0.4 is 5.73 Å². The van der Waals surface area contributed by atoms with E-state index in [-0.39, 0.29) is 5.54 Å². The number of fused-ring (bicyclic) bond motifs is 1. The fourth-order valence-corrected chi connectivity index (χ4v) is 3.68. The summed E-state index contributed by atoms with van der Waals surface area (Å²) in [5.74, 6) is 0. The minimum absolute atomic E-state index is 0.0637. The third-order valence-corrected chi connectivity index (χ3v) is 4.82. The molecule has 3 rings (SSSR count). The molecule has 2 nitrogen and oxygen atoms in total. The average Bonchev–Trinajstić information content (AvgIpc) is 2.97. The van der Waals surface area contributed by atoms with Gasteiger partial charge in [0.05, 0.1) is 13.2 Å². The third kappa shape index (κ3) is 2.44. The summed E-state index contributed by atoms with van der Waals surface area (Å²) in [6, 6.07) is 8.49. The lowest BCUT2D eigenvalue weighted by molar-refractivity contribution is 0.0759. The van der Waals surface area contributed by atoms with Crippen LogP contribution in [0, 0.1) is 0 Å². The summed E-state index contributed by atoms with van der Waals surface area (Å²) in [6.07, 6.45) is 4.72. The van der Waals surface area contributed by atoms with E-state index in [4.69, 9.17) is 10.5 Å². The van der Waals surface area contributed by atoms with Crippen LogP contribution in [0.4, 0.5) is 0 Å². The highest BCUT2D eigenvalue weighted by Gasteiger charge is 2.29. The van der Waals surface area contributed by atoms with E-state index in [9.17, 15) is 0 Å². The zero-order chi connectivity index (χ0) is 12.4. The second kappa shape index (κ2) is 5.00. The maximum Gasteiger partial charge on any atom is 0.0731 e. The summed E-state index contributed by atoms with van der Waals surface area (Å²) in [5, 5.41) is 3.52. The van der Waals surface area contributed by atoms with Gasteiger partial charge in [-0.3, -0.25) is 0 Å². The van der Waals surface area contributed by atoms with E-state index >= 15 is 0 Å². The molecule has 96 valence electrons. The first-order valence-corrected chi connectivity index (χ1v) is 7.47. The molecule has 1 heterocycles. The Bertz CT molecular complexity index is 528. The molecule has 1 aliphatic rings. The normalized spacial score (nSPS) is 18.5. The van der Waals surface area contributed by atoms with Crippen LogP contribution >= 0.6 is 11.3 Å². The molecular formula is C15H19NOS. The molecule has 18 heavy (non-hydrogen) atoms. The summed E-state index contributed by atoms with van der Waals surface area (Å²) in [6.45, 7) is 1.38. The molecular weight excluding hydrogens is 242 g/mol. The minimum Gasteiger partial charge on any atom is -0.375 e. The predicted molar refractivity (Wildman–Crippen MR) is 76.9 cm³/mol. The van der Waals surface area contributed by atoms with E-state index < -0.39 is 0 Å². The van der Waals surface area contributed by atoms with Gasteiger partial charge in [0.2, 0.25) is 0 Å². The fourth-order valence-electron chi connectivity index (χ4n) is 2.73. The monoisotopic (exact) mass is 261 g/mol. The largest absolute Gasteiger partial charge is 0.375 e. The van der Waals surface area contributed by atoms with Crippen molar-refractivity contribution in [3.63, 3.8) is 0 Å². The van der Waals surface area contributed by atoms with Crippen molar-refractivity contribution in [2.24, 2.45) is 5.73 Å². The van der Waals surface area contributed by atoms with Crippen LogP contribution in [0.1, 0.15) is 31.2 Å². The summed E-state index contributed by atoms with van der Waals surface area (Å²) in [7, 11) is 0. The van der Waals surface area contributed by atoms with E-state index in [2.05, 4.69) is 29.6 Å². The Balaban J connectivity index is 1.63. The van der Waals surface area contributed by atoms with Gasteiger partial charge in [-0.2, -0.15) is 0 Å². The van der Waals surface area contributed by atoms with Gasteiger partial charge in [0, 0.05) is 10.2 Å². The zero-order valence-corrected chi connectivity index (χ0v) is 11.3. The number of nitrogens with two attached hydrogens (primary N) is 1. The molecule has 1 fully saturated rings. The van der Waals surface area contributed by atoms with Crippen molar-refractivity contribution in [1.82, 2.24) is 0 Å². The van der Waals surface area contributed by atoms with Crippen LogP contribution in [0.15, 0.2) is 29.6 Å². The van der Waals surface area contributed by atoms with E-state index in [1.165, 1.54) is 28.5 Å². The zero-order valence-electron chi connectivity index (χ0n) is 10.5. The molecule has 0 saturated heterocycles. The van der Waals surface area contributed by atoms with Crippen LogP contribution in [-0.4, -0.2) is 12.1 Å². The highest BCUT2D eigenvalue weighted by atomic mass is 32.1. The maximum absolute atomic E-state index is 6.29. The van der Waals surface area contributed by atoms with Gasteiger partial charge in [0.25, 0.3) is 0 Å². The highest BCUT2D eigenvalue weighted by molar-refractivity contribution is 7.17. The molecule has 1 aromatic heterocycles. The Morgan fingerprint density at radius 1 is 1.22 bits per heavy atom. The van der Waals surface area contributed by atoms with Crippen molar-refractivity contribution in [2.75, 3.05) is 6.61 Å². The number of thiophene rings is 1. The first-order valence-electron chi connectivity index (χ1n) is 6.59. The van der Waals surface area contributed by atoms with Crippen LogP contribution in [0.2, 0.25) is 0 Å². The van der Waals surface area contributed by atoms with E-state index in [0.29, 0.717) is 13.2 Å². The molecule has 2 aromatic rings. The van der Waals surface area contributed by atoms with Crippen LogP contribution in [0.25, 0.3) is 10.1 Å². The van der Waals surface area contributed by atoms with Crippen molar-refractivity contribution < 1.29 is 4.74 Å².